The minimum Gasteiger partial charge on any atom is -0.390 e. The van der Waals surface area contributed by atoms with Crippen molar-refractivity contribution in [2.75, 3.05) is 13.1 Å². The Labute approximate surface area is 119 Å². The fourth-order valence-electron chi connectivity index (χ4n) is 2.30. The van der Waals surface area contributed by atoms with Crippen LogP contribution in [0.15, 0.2) is 29.2 Å². The van der Waals surface area contributed by atoms with Crippen molar-refractivity contribution < 1.29 is 13.5 Å². The molecule has 1 aliphatic heterocycles. The predicted octanol–water partition coefficient (Wildman–Crippen LogP) is 2.12. The van der Waals surface area contributed by atoms with Gasteiger partial charge in [0.25, 0.3) is 0 Å². The highest BCUT2D eigenvalue weighted by atomic mass is 35.5. The zero-order valence-electron chi connectivity index (χ0n) is 11.0. The van der Waals surface area contributed by atoms with Crippen LogP contribution in [0.2, 0.25) is 5.02 Å². The first-order valence-electron chi connectivity index (χ1n) is 6.19. The molecule has 0 aliphatic carbocycles. The molecule has 0 spiro atoms. The topological polar surface area (TPSA) is 57.6 Å². The van der Waals surface area contributed by atoms with Crippen molar-refractivity contribution in [2.45, 2.75) is 30.8 Å². The minimum absolute atomic E-state index is 0.0403. The molecule has 2 rings (SSSR count). The number of hydrogen-bond acceptors (Lipinski definition) is 3. The Hall–Kier alpha value is -0.620. The Morgan fingerprint density at radius 1 is 1.42 bits per heavy atom. The van der Waals surface area contributed by atoms with Crippen molar-refractivity contribution in [3.05, 3.63) is 29.3 Å². The molecule has 1 unspecified atom stereocenters. The van der Waals surface area contributed by atoms with Crippen LogP contribution in [0.5, 0.6) is 0 Å². The number of benzene rings is 1. The monoisotopic (exact) mass is 303 g/mol. The van der Waals surface area contributed by atoms with Crippen LogP contribution in [0.4, 0.5) is 0 Å². The Morgan fingerprint density at radius 2 is 2.11 bits per heavy atom. The minimum atomic E-state index is -3.52. The van der Waals surface area contributed by atoms with Gasteiger partial charge in [0.15, 0.2) is 0 Å². The van der Waals surface area contributed by atoms with Crippen LogP contribution in [0.3, 0.4) is 0 Å². The average Bonchev–Trinajstić information content (AvgIpc) is 2.78. The largest absolute Gasteiger partial charge is 0.390 e. The highest BCUT2D eigenvalue weighted by Crippen LogP contribution is 2.31. The number of rotatable bonds is 3. The summed E-state index contributed by atoms with van der Waals surface area (Å²) in [4.78, 5) is 0.205. The maximum Gasteiger partial charge on any atom is 0.243 e. The van der Waals surface area contributed by atoms with Crippen molar-refractivity contribution in [1.82, 2.24) is 4.31 Å². The zero-order chi connectivity index (χ0) is 14.3. The maximum absolute atomic E-state index is 12.4. The summed E-state index contributed by atoms with van der Waals surface area (Å²) in [6, 6.07) is 6.26. The van der Waals surface area contributed by atoms with Crippen molar-refractivity contribution >= 4 is 21.6 Å². The molecule has 0 bridgehead atoms. The number of aliphatic hydroxyl groups is 1. The smallest absolute Gasteiger partial charge is 0.243 e. The third-order valence-corrected chi connectivity index (χ3v) is 5.68. The zero-order valence-corrected chi connectivity index (χ0v) is 12.6. The van der Waals surface area contributed by atoms with E-state index in [0.717, 1.165) is 0 Å². The van der Waals surface area contributed by atoms with Crippen LogP contribution >= 0.6 is 11.6 Å². The van der Waals surface area contributed by atoms with Crippen LogP contribution in [0.1, 0.15) is 20.3 Å². The second-order valence-electron chi connectivity index (χ2n) is 5.46. The normalized spacial score (nSPS) is 21.8. The molecule has 1 atom stereocenters. The van der Waals surface area contributed by atoms with E-state index in [1.807, 2.05) is 0 Å². The van der Waals surface area contributed by atoms with E-state index < -0.39 is 15.6 Å². The van der Waals surface area contributed by atoms with Crippen molar-refractivity contribution in [3.8, 4) is 0 Å². The first kappa shape index (κ1) is 14.8. The molecule has 0 radical (unpaired) electrons. The van der Waals surface area contributed by atoms with E-state index in [-0.39, 0.29) is 10.8 Å². The summed E-state index contributed by atoms with van der Waals surface area (Å²) in [6.45, 7) is 4.21. The Kier molecular flexibility index (Phi) is 3.93. The Balaban J connectivity index is 2.23. The van der Waals surface area contributed by atoms with Crippen LogP contribution in [-0.2, 0) is 10.0 Å². The van der Waals surface area contributed by atoms with Crippen molar-refractivity contribution in [3.63, 3.8) is 0 Å². The molecule has 1 aromatic rings. The highest BCUT2D eigenvalue weighted by Gasteiger charge is 2.38. The molecular weight excluding hydrogens is 286 g/mol. The first-order chi connectivity index (χ1) is 8.71. The maximum atomic E-state index is 12.4. The van der Waals surface area contributed by atoms with Crippen LogP contribution in [-0.4, -0.2) is 36.5 Å². The highest BCUT2D eigenvalue weighted by molar-refractivity contribution is 7.89. The fourth-order valence-corrected chi connectivity index (χ4v) is 4.10. The molecule has 1 aromatic carbocycles. The molecule has 6 heteroatoms. The van der Waals surface area contributed by atoms with E-state index in [9.17, 15) is 13.5 Å². The molecule has 106 valence electrons. The van der Waals surface area contributed by atoms with E-state index in [4.69, 9.17) is 11.6 Å². The number of nitrogens with zero attached hydrogens (tertiary/aromatic N) is 1. The first-order valence-corrected chi connectivity index (χ1v) is 8.01. The third kappa shape index (κ3) is 3.11. The van der Waals surface area contributed by atoms with E-state index in [2.05, 4.69) is 0 Å². The van der Waals surface area contributed by atoms with Crippen LogP contribution in [0, 0.1) is 5.92 Å². The summed E-state index contributed by atoms with van der Waals surface area (Å²) in [5, 5.41) is 10.4. The number of hydrogen-bond donors (Lipinski definition) is 1. The Morgan fingerprint density at radius 3 is 2.63 bits per heavy atom. The van der Waals surface area contributed by atoms with Gasteiger partial charge >= 0.3 is 0 Å². The molecule has 1 heterocycles. The van der Waals surface area contributed by atoms with Gasteiger partial charge in [-0.2, -0.15) is 4.31 Å². The fraction of sp³-hybridized carbons (Fsp3) is 0.538. The van der Waals surface area contributed by atoms with Gasteiger partial charge in [0.2, 0.25) is 10.0 Å². The van der Waals surface area contributed by atoms with Gasteiger partial charge in [-0.15, -0.1) is 0 Å². The number of sulfonamides is 1. The molecule has 1 fully saturated rings. The summed E-state index contributed by atoms with van der Waals surface area (Å²) in [6.07, 6.45) is 0.670. The van der Waals surface area contributed by atoms with E-state index >= 15 is 0 Å². The molecule has 4 nitrogen and oxygen atoms in total. The van der Waals surface area contributed by atoms with Gasteiger partial charge < -0.3 is 5.11 Å². The molecule has 0 amide bonds. The predicted molar refractivity (Wildman–Crippen MR) is 74.6 cm³/mol. The SMILES string of the molecule is CC(C)(O)C1CCN(S(=O)(=O)c2cccc(Cl)c2)C1. The van der Waals surface area contributed by atoms with Gasteiger partial charge in [-0.3, -0.25) is 0 Å². The second-order valence-corrected chi connectivity index (χ2v) is 7.83. The number of halogens is 1. The molecule has 0 saturated carbocycles. The van der Waals surface area contributed by atoms with Crippen LogP contribution in [0.25, 0.3) is 0 Å². The third-order valence-electron chi connectivity index (χ3n) is 3.58. The molecule has 1 aliphatic rings. The van der Waals surface area contributed by atoms with Gasteiger partial charge in [0, 0.05) is 24.0 Å². The quantitative estimate of drug-likeness (QED) is 0.930. The van der Waals surface area contributed by atoms with E-state index in [1.54, 1.807) is 32.0 Å². The molecular formula is C13H18ClNO3S. The van der Waals surface area contributed by atoms with Crippen molar-refractivity contribution in [1.29, 1.82) is 0 Å². The molecule has 1 saturated heterocycles. The molecule has 1 N–H and O–H groups in total. The molecule has 0 aromatic heterocycles. The summed E-state index contributed by atoms with van der Waals surface area (Å²) in [5.41, 5.74) is -0.862. The lowest BCUT2D eigenvalue weighted by molar-refractivity contribution is 0.0236. The van der Waals surface area contributed by atoms with Gasteiger partial charge in [-0.05, 0) is 38.5 Å². The van der Waals surface area contributed by atoms with Gasteiger partial charge in [0.1, 0.15) is 0 Å². The van der Waals surface area contributed by atoms with E-state index in [0.29, 0.717) is 24.5 Å². The standard InChI is InChI=1S/C13H18ClNO3S/c1-13(2,16)10-6-7-15(9-10)19(17,18)12-5-3-4-11(14)8-12/h3-5,8,10,16H,6-7,9H2,1-2H3. The van der Waals surface area contributed by atoms with Crippen LogP contribution < -0.4 is 0 Å². The van der Waals surface area contributed by atoms with Gasteiger partial charge in [-0.25, -0.2) is 8.42 Å². The summed E-state index contributed by atoms with van der Waals surface area (Å²) < 4.78 is 26.3. The van der Waals surface area contributed by atoms with Gasteiger partial charge in [0.05, 0.1) is 10.5 Å². The summed E-state index contributed by atoms with van der Waals surface area (Å²) in [5.74, 6) is -0.0403. The molecule has 19 heavy (non-hydrogen) atoms. The Bertz CT molecular complexity index is 565. The lowest BCUT2D eigenvalue weighted by Crippen LogP contribution is -2.35. The van der Waals surface area contributed by atoms with E-state index in [1.165, 1.54) is 10.4 Å². The van der Waals surface area contributed by atoms with Gasteiger partial charge in [-0.1, -0.05) is 17.7 Å². The summed E-state index contributed by atoms with van der Waals surface area (Å²) in [7, 11) is -3.52. The van der Waals surface area contributed by atoms with Crippen molar-refractivity contribution in [2.24, 2.45) is 5.92 Å². The second kappa shape index (κ2) is 5.05. The lowest BCUT2D eigenvalue weighted by atomic mass is 9.91. The lowest BCUT2D eigenvalue weighted by Gasteiger charge is -2.25. The average molecular weight is 304 g/mol. The summed E-state index contributed by atoms with van der Waals surface area (Å²) >= 11 is 5.84.